The minimum atomic E-state index is -0.200. The third-order valence-corrected chi connectivity index (χ3v) is 5.11. The Kier molecular flexibility index (Phi) is 6.54. The van der Waals surface area contributed by atoms with Gasteiger partial charge in [-0.2, -0.15) is 0 Å². The van der Waals surface area contributed by atoms with Gasteiger partial charge in [-0.1, -0.05) is 60.0 Å². The summed E-state index contributed by atoms with van der Waals surface area (Å²) in [6, 6.07) is 8.02. The maximum Gasteiger partial charge on any atom is 0.122 e. The lowest BCUT2D eigenvalue weighted by Crippen LogP contribution is -2.07. The van der Waals surface area contributed by atoms with E-state index in [1.165, 1.54) is 0 Å². The summed E-state index contributed by atoms with van der Waals surface area (Å²) in [6.45, 7) is 16.0. The van der Waals surface area contributed by atoms with Crippen molar-refractivity contribution < 1.29 is 10.2 Å². The molecule has 2 rings (SSSR count). The molecule has 0 saturated carbocycles. The van der Waals surface area contributed by atoms with E-state index in [4.69, 9.17) is 0 Å². The van der Waals surface area contributed by atoms with Crippen LogP contribution in [0.3, 0.4) is 0 Å². The van der Waals surface area contributed by atoms with E-state index in [0.717, 1.165) is 45.4 Å². The fourth-order valence-electron chi connectivity index (χ4n) is 3.96. The molecule has 0 bridgehead atoms. The van der Waals surface area contributed by atoms with Gasteiger partial charge in [-0.3, -0.25) is 0 Å². The Morgan fingerprint density at radius 3 is 1.78 bits per heavy atom. The molecule has 0 aliphatic heterocycles. The molecule has 1 unspecified atom stereocenters. The highest BCUT2D eigenvalue weighted by molar-refractivity contribution is 5.56. The molecule has 2 heteroatoms. The Balaban J connectivity index is 2.76. The van der Waals surface area contributed by atoms with Crippen LogP contribution >= 0.6 is 0 Å². The van der Waals surface area contributed by atoms with Crippen molar-refractivity contribution >= 4 is 0 Å². The zero-order valence-corrected chi connectivity index (χ0v) is 17.4. The molecule has 0 amide bonds. The lowest BCUT2D eigenvalue weighted by atomic mass is 9.80. The van der Waals surface area contributed by atoms with Crippen molar-refractivity contribution in [2.75, 3.05) is 0 Å². The Morgan fingerprint density at radius 1 is 0.926 bits per heavy atom. The number of allylic oxidation sites excluding steroid dienone is 3. The molecule has 27 heavy (non-hydrogen) atoms. The van der Waals surface area contributed by atoms with Crippen molar-refractivity contribution in [1.82, 2.24) is 0 Å². The number of benzene rings is 2. The standard InChI is InChI=1S/C25H32O2/c1-8-9-15(2)10-18(5)23(21-13-16(3)11-19(6)24(21)26)22-14-17(4)12-20(7)25(22)27/h8,10-15,23,26-27H,1,9H2,2-7H3. The molecule has 0 spiro atoms. The molecule has 2 N–H and O–H groups in total. The third kappa shape index (κ3) is 4.63. The Labute approximate surface area is 163 Å². The molecular weight excluding hydrogens is 332 g/mol. The lowest BCUT2D eigenvalue weighted by molar-refractivity contribution is 0.453. The van der Waals surface area contributed by atoms with E-state index in [1.54, 1.807) is 0 Å². The van der Waals surface area contributed by atoms with Gasteiger partial charge < -0.3 is 10.2 Å². The maximum atomic E-state index is 10.8. The maximum absolute atomic E-state index is 10.8. The van der Waals surface area contributed by atoms with Gasteiger partial charge >= 0.3 is 0 Å². The SMILES string of the molecule is C=CCC(C)C=C(C)C(c1cc(C)cc(C)c1O)c1cc(C)cc(C)c1O. The van der Waals surface area contributed by atoms with Crippen LogP contribution < -0.4 is 0 Å². The molecule has 1 atom stereocenters. The first kappa shape index (κ1) is 20.8. The van der Waals surface area contributed by atoms with Crippen LogP contribution in [0.4, 0.5) is 0 Å². The van der Waals surface area contributed by atoms with Gasteiger partial charge in [0.25, 0.3) is 0 Å². The second-order valence-electron chi connectivity index (χ2n) is 7.88. The summed E-state index contributed by atoms with van der Waals surface area (Å²) in [5, 5.41) is 21.7. The average Bonchev–Trinajstić information content (AvgIpc) is 2.56. The van der Waals surface area contributed by atoms with E-state index >= 15 is 0 Å². The highest BCUT2D eigenvalue weighted by Crippen LogP contribution is 2.43. The molecule has 2 nitrogen and oxygen atoms in total. The summed E-state index contributed by atoms with van der Waals surface area (Å²) in [5.41, 5.74) is 6.70. The smallest absolute Gasteiger partial charge is 0.122 e. The summed E-state index contributed by atoms with van der Waals surface area (Å²) in [5.74, 6) is 0.738. The van der Waals surface area contributed by atoms with Gasteiger partial charge in [0.05, 0.1) is 0 Å². The zero-order valence-electron chi connectivity index (χ0n) is 17.4. The number of phenols is 2. The molecule has 2 aromatic carbocycles. The summed E-state index contributed by atoms with van der Waals surface area (Å²) >= 11 is 0. The fourth-order valence-corrected chi connectivity index (χ4v) is 3.96. The molecule has 0 aromatic heterocycles. The number of aryl methyl sites for hydroxylation is 4. The normalized spacial score (nSPS) is 13.1. The molecule has 0 fully saturated rings. The van der Waals surface area contributed by atoms with Gasteiger partial charge in [-0.15, -0.1) is 6.58 Å². The number of hydrogen-bond acceptors (Lipinski definition) is 2. The second kappa shape index (κ2) is 8.47. The Bertz CT molecular complexity index is 817. The second-order valence-corrected chi connectivity index (χ2v) is 7.88. The topological polar surface area (TPSA) is 40.5 Å². The molecule has 0 aliphatic rings. The van der Waals surface area contributed by atoms with E-state index in [2.05, 4.69) is 26.5 Å². The van der Waals surface area contributed by atoms with Crippen LogP contribution in [0.5, 0.6) is 11.5 Å². The Hall–Kier alpha value is -2.48. The van der Waals surface area contributed by atoms with Gasteiger partial charge in [0.2, 0.25) is 0 Å². The van der Waals surface area contributed by atoms with Gasteiger partial charge in [-0.05, 0) is 58.1 Å². The number of rotatable bonds is 6. The molecule has 144 valence electrons. The molecule has 0 saturated heterocycles. The highest BCUT2D eigenvalue weighted by atomic mass is 16.3. The fraction of sp³-hybridized carbons (Fsp3) is 0.360. The van der Waals surface area contributed by atoms with Gasteiger partial charge in [0.1, 0.15) is 11.5 Å². The number of aromatic hydroxyl groups is 2. The first-order valence-electron chi connectivity index (χ1n) is 9.55. The third-order valence-electron chi connectivity index (χ3n) is 5.11. The number of phenolic OH excluding ortho intramolecular Hbond substituents is 2. The minimum Gasteiger partial charge on any atom is -0.507 e. The van der Waals surface area contributed by atoms with E-state index in [0.29, 0.717) is 17.4 Å². The Morgan fingerprint density at radius 2 is 1.37 bits per heavy atom. The molecule has 0 radical (unpaired) electrons. The van der Waals surface area contributed by atoms with Crippen LogP contribution in [-0.4, -0.2) is 10.2 Å². The van der Waals surface area contributed by atoms with Crippen LogP contribution in [0.25, 0.3) is 0 Å². The van der Waals surface area contributed by atoms with Crippen LogP contribution in [0.2, 0.25) is 0 Å². The summed E-state index contributed by atoms with van der Waals surface area (Å²) < 4.78 is 0. The van der Waals surface area contributed by atoms with E-state index in [9.17, 15) is 10.2 Å². The van der Waals surface area contributed by atoms with Crippen LogP contribution in [0, 0.1) is 33.6 Å². The van der Waals surface area contributed by atoms with Crippen LogP contribution in [0.15, 0.2) is 48.6 Å². The predicted molar refractivity (Wildman–Crippen MR) is 115 cm³/mol. The summed E-state index contributed by atoms with van der Waals surface area (Å²) in [4.78, 5) is 0. The molecule has 0 heterocycles. The first-order chi connectivity index (χ1) is 12.6. The lowest BCUT2D eigenvalue weighted by Gasteiger charge is -2.25. The van der Waals surface area contributed by atoms with Crippen molar-refractivity contribution in [2.24, 2.45) is 5.92 Å². The van der Waals surface area contributed by atoms with Crippen LogP contribution in [0.1, 0.15) is 59.6 Å². The summed E-state index contributed by atoms with van der Waals surface area (Å²) in [6.07, 6.45) is 5.04. The van der Waals surface area contributed by atoms with E-state index < -0.39 is 0 Å². The van der Waals surface area contributed by atoms with Crippen molar-refractivity contribution in [3.63, 3.8) is 0 Å². The molecule has 2 aromatic rings. The van der Waals surface area contributed by atoms with E-state index in [1.807, 2.05) is 58.0 Å². The van der Waals surface area contributed by atoms with Crippen molar-refractivity contribution in [3.05, 3.63) is 82.0 Å². The first-order valence-corrected chi connectivity index (χ1v) is 9.55. The average molecular weight is 365 g/mol. The predicted octanol–water partition coefficient (Wildman–Crippen LogP) is 6.62. The van der Waals surface area contributed by atoms with Gasteiger partial charge in [0, 0.05) is 17.0 Å². The van der Waals surface area contributed by atoms with Crippen molar-refractivity contribution in [3.8, 4) is 11.5 Å². The van der Waals surface area contributed by atoms with Gasteiger partial charge in [0.15, 0.2) is 0 Å². The van der Waals surface area contributed by atoms with E-state index in [-0.39, 0.29) is 5.92 Å². The van der Waals surface area contributed by atoms with Crippen LogP contribution in [-0.2, 0) is 0 Å². The molecule has 0 aliphatic carbocycles. The van der Waals surface area contributed by atoms with Gasteiger partial charge in [-0.25, -0.2) is 0 Å². The largest absolute Gasteiger partial charge is 0.507 e. The number of hydrogen-bond donors (Lipinski definition) is 2. The van der Waals surface area contributed by atoms with Crippen molar-refractivity contribution in [1.29, 1.82) is 0 Å². The zero-order chi connectivity index (χ0) is 20.3. The highest BCUT2D eigenvalue weighted by Gasteiger charge is 2.25. The quantitative estimate of drug-likeness (QED) is 0.565. The molecular formula is C25H32O2. The monoisotopic (exact) mass is 364 g/mol. The minimum absolute atomic E-state index is 0.200. The van der Waals surface area contributed by atoms with Crippen molar-refractivity contribution in [2.45, 2.75) is 53.9 Å². The summed E-state index contributed by atoms with van der Waals surface area (Å²) in [7, 11) is 0.